The van der Waals surface area contributed by atoms with Gasteiger partial charge in [-0.2, -0.15) is 0 Å². The number of carbonyl (C=O) groups excluding carboxylic acids is 1. The lowest BCUT2D eigenvalue weighted by Gasteiger charge is -2.21. The molecule has 0 unspecified atom stereocenters. The molecule has 0 bridgehead atoms. The molecule has 0 fully saturated rings. The fourth-order valence-corrected chi connectivity index (χ4v) is 3.54. The minimum absolute atomic E-state index is 0.282. The third kappa shape index (κ3) is 4.54. The Bertz CT molecular complexity index is 1180. The second-order valence-corrected chi connectivity index (χ2v) is 10.5. The summed E-state index contributed by atoms with van der Waals surface area (Å²) in [6.45, 7) is 8.53. The molecular weight excluding hydrogens is 402 g/mol. The zero-order chi connectivity index (χ0) is 22.1. The Morgan fingerprint density at radius 2 is 1.67 bits per heavy atom. The molecule has 158 valence electrons. The minimum Gasteiger partial charge on any atom is -0.445 e. The Morgan fingerprint density at radius 3 is 2.23 bits per heavy atom. The van der Waals surface area contributed by atoms with E-state index in [2.05, 4.69) is 15.0 Å². The van der Waals surface area contributed by atoms with Crippen molar-refractivity contribution in [3.05, 3.63) is 65.5 Å². The lowest BCUT2D eigenvalue weighted by Crippen LogP contribution is -2.33. The van der Waals surface area contributed by atoms with Crippen molar-refractivity contribution in [2.75, 3.05) is 10.0 Å². The molecule has 0 saturated heterocycles. The van der Waals surface area contributed by atoms with Crippen LogP contribution >= 0.6 is 0 Å². The van der Waals surface area contributed by atoms with E-state index < -0.39 is 14.8 Å². The van der Waals surface area contributed by atoms with Crippen LogP contribution in [-0.4, -0.2) is 24.1 Å². The summed E-state index contributed by atoms with van der Waals surface area (Å²) in [6.07, 6.45) is 3.09. The summed E-state index contributed by atoms with van der Waals surface area (Å²) >= 11 is 0. The van der Waals surface area contributed by atoms with Crippen LogP contribution in [-0.2, 0) is 10.0 Å². The normalized spacial score (nSPS) is 11.9. The molecule has 0 spiro atoms. The third-order valence-corrected chi connectivity index (χ3v) is 6.79. The molecule has 0 aliphatic rings. The van der Waals surface area contributed by atoms with Crippen LogP contribution in [0.4, 0.5) is 11.4 Å². The number of sulfonamides is 1. The fourth-order valence-electron chi connectivity index (χ4n) is 2.71. The number of aromatic nitrogens is 1. The molecule has 0 aliphatic heterocycles. The van der Waals surface area contributed by atoms with Gasteiger partial charge in [0.25, 0.3) is 5.91 Å². The summed E-state index contributed by atoms with van der Waals surface area (Å²) < 4.78 is 31.7. The van der Waals surface area contributed by atoms with Gasteiger partial charge in [-0.15, -0.1) is 0 Å². The molecule has 1 heterocycles. The standard InChI is InChI=1S/C22H25N3O4S/c1-14-13-17(21-23-10-11-29-21)7-8-18(14)24-20(26)16-6-9-19(15(2)12-16)25-30(27,28)22(3,4)5/h6-13,25H,1-5H3,(H,24,26). The number of rotatable bonds is 5. The van der Waals surface area contributed by atoms with Gasteiger partial charge in [0, 0.05) is 16.8 Å². The maximum Gasteiger partial charge on any atom is 0.255 e. The van der Waals surface area contributed by atoms with Gasteiger partial charge in [-0.3, -0.25) is 9.52 Å². The maximum atomic E-state index is 12.7. The van der Waals surface area contributed by atoms with Crippen LogP contribution < -0.4 is 10.0 Å². The van der Waals surface area contributed by atoms with E-state index in [0.29, 0.717) is 28.4 Å². The highest BCUT2D eigenvalue weighted by Crippen LogP contribution is 2.26. The summed E-state index contributed by atoms with van der Waals surface area (Å²) in [5.41, 5.74) is 3.90. The topological polar surface area (TPSA) is 101 Å². The van der Waals surface area contributed by atoms with E-state index in [1.807, 2.05) is 19.1 Å². The number of hydrogen-bond acceptors (Lipinski definition) is 5. The van der Waals surface area contributed by atoms with Crippen LogP contribution in [0, 0.1) is 13.8 Å². The maximum absolute atomic E-state index is 12.7. The molecule has 2 N–H and O–H groups in total. The number of oxazole rings is 1. The van der Waals surface area contributed by atoms with Crippen molar-refractivity contribution in [3.63, 3.8) is 0 Å². The number of carbonyl (C=O) groups is 1. The van der Waals surface area contributed by atoms with Gasteiger partial charge in [-0.05, 0) is 82.1 Å². The monoisotopic (exact) mass is 427 g/mol. The Morgan fingerprint density at radius 1 is 1.00 bits per heavy atom. The first-order chi connectivity index (χ1) is 14.0. The van der Waals surface area contributed by atoms with Crippen molar-refractivity contribution in [1.29, 1.82) is 0 Å². The van der Waals surface area contributed by atoms with Crippen molar-refractivity contribution in [1.82, 2.24) is 4.98 Å². The minimum atomic E-state index is -3.55. The highest BCUT2D eigenvalue weighted by Gasteiger charge is 2.29. The number of amides is 1. The highest BCUT2D eigenvalue weighted by atomic mass is 32.2. The first-order valence-electron chi connectivity index (χ1n) is 9.43. The predicted octanol–water partition coefficient (Wildman–Crippen LogP) is 4.75. The zero-order valence-corrected chi connectivity index (χ0v) is 18.4. The number of anilines is 2. The Hall–Kier alpha value is -3.13. The number of hydrogen-bond donors (Lipinski definition) is 2. The van der Waals surface area contributed by atoms with Gasteiger partial charge in [-0.25, -0.2) is 13.4 Å². The Kier molecular flexibility index (Phi) is 5.72. The molecule has 3 aromatic rings. The van der Waals surface area contributed by atoms with E-state index in [1.54, 1.807) is 58.2 Å². The van der Waals surface area contributed by atoms with Gasteiger partial charge in [0.2, 0.25) is 15.9 Å². The van der Waals surface area contributed by atoms with Crippen LogP contribution in [0.3, 0.4) is 0 Å². The molecule has 3 rings (SSSR count). The Labute approximate surface area is 176 Å². The third-order valence-electron chi connectivity index (χ3n) is 4.69. The van der Waals surface area contributed by atoms with Gasteiger partial charge in [-0.1, -0.05) is 0 Å². The number of nitrogens with one attached hydrogen (secondary N) is 2. The summed E-state index contributed by atoms with van der Waals surface area (Å²) in [4.78, 5) is 16.8. The van der Waals surface area contributed by atoms with Crippen LogP contribution in [0.2, 0.25) is 0 Å². The van der Waals surface area contributed by atoms with Crippen LogP contribution in [0.1, 0.15) is 42.3 Å². The molecule has 0 saturated carbocycles. The molecule has 1 aromatic heterocycles. The van der Waals surface area contributed by atoms with E-state index in [1.165, 1.54) is 6.26 Å². The lowest BCUT2D eigenvalue weighted by atomic mass is 10.1. The Balaban J connectivity index is 1.77. The van der Waals surface area contributed by atoms with Crippen molar-refractivity contribution in [2.24, 2.45) is 0 Å². The highest BCUT2D eigenvalue weighted by molar-refractivity contribution is 7.94. The lowest BCUT2D eigenvalue weighted by molar-refractivity contribution is 0.102. The number of benzene rings is 2. The molecule has 1 amide bonds. The summed E-state index contributed by atoms with van der Waals surface area (Å²) in [5.74, 6) is 0.232. The summed E-state index contributed by atoms with van der Waals surface area (Å²) in [6, 6.07) is 10.4. The van der Waals surface area contributed by atoms with Crippen LogP contribution in [0.15, 0.2) is 53.3 Å². The average Bonchev–Trinajstić information content (AvgIpc) is 3.18. The van der Waals surface area contributed by atoms with Gasteiger partial charge in [0.15, 0.2) is 0 Å². The summed E-state index contributed by atoms with van der Waals surface area (Å²) in [7, 11) is -3.55. The van der Waals surface area contributed by atoms with Gasteiger partial charge in [0.05, 0.1) is 16.6 Å². The SMILES string of the molecule is Cc1cc(-c2ncco2)ccc1NC(=O)c1ccc(NS(=O)(=O)C(C)(C)C)c(C)c1. The largest absolute Gasteiger partial charge is 0.445 e. The molecule has 0 aliphatic carbocycles. The second kappa shape index (κ2) is 7.95. The molecule has 30 heavy (non-hydrogen) atoms. The van der Waals surface area contributed by atoms with E-state index in [0.717, 1.165) is 11.1 Å². The van der Waals surface area contributed by atoms with Gasteiger partial charge in [0.1, 0.15) is 6.26 Å². The van der Waals surface area contributed by atoms with Crippen LogP contribution in [0.5, 0.6) is 0 Å². The van der Waals surface area contributed by atoms with Crippen molar-refractivity contribution < 1.29 is 17.6 Å². The predicted molar refractivity (Wildman–Crippen MR) is 118 cm³/mol. The molecule has 8 heteroatoms. The molecular formula is C22H25N3O4S. The fraction of sp³-hybridized carbons (Fsp3) is 0.273. The van der Waals surface area contributed by atoms with Crippen LogP contribution in [0.25, 0.3) is 11.5 Å². The first kappa shape index (κ1) is 21.6. The average molecular weight is 428 g/mol. The number of nitrogens with zero attached hydrogens (tertiary/aromatic N) is 1. The zero-order valence-electron chi connectivity index (χ0n) is 17.6. The summed E-state index contributed by atoms with van der Waals surface area (Å²) in [5, 5.41) is 2.89. The van der Waals surface area contributed by atoms with E-state index in [9.17, 15) is 13.2 Å². The quantitative estimate of drug-likeness (QED) is 0.612. The smallest absolute Gasteiger partial charge is 0.255 e. The first-order valence-corrected chi connectivity index (χ1v) is 10.9. The van der Waals surface area contributed by atoms with Gasteiger partial charge >= 0.3 is 0 Å². The van der Waals surface area contributed by atoms with Crippen molar-refractivity contribution in [2.45, 2.75) is 39.4 Å². The van der Waals surface area contributed by atoms with Gasteiger partial charge < -0.3 is 9.73 Å². The molecule has 7 nitrogen and oxygen atoms in total. The van der Waals surface area contributed by atoms with Crippen molar-refractivity contribution in [3.8, 4) is 11.5 Å². The molecule has 0 atom stereocenters. The number of aryl methyl sites for hydroxylation is 2. The van der Waals surface area contributed by atoms with E-state index in [-0.39, 0.29) is 5.91 Å². The van der Waals surface area contributed by atoms with E-state index >= 15 is 0 Å². The molecule has 0 radical (unpaired) electrons. The molecule has 2 aromatic carbocycles. The van der Waals surface area contributed by atoms with Crippen molar-refractivity contribution >= 4 is 27.3 Å². The second-order valence-electron chi connectivity index (χ2n) is 8.07. The van der Waals surface area contributed by atoms with E-state index in [4.69, 9.17) is 4.42 Å².